The van der Waals surface area contributed by atoms with Crippen LogP contribution in [0.2, 0.25) is 0 Å². The Morgan fingerprint density at radius 2 is 1.92 bits per heavy atom. The van der Waals surface area contributed by atoms with Crippen molar-refractivity contribution >= 4 is 5.96 Å². The van der Waals surface area contributed by atoms with E-state index < -0.39 is 0 Å². The molecule has 5 heteroatoms. The topological polar surface area (TPSA) is 57.7 Å². The van der Waals surface area contributed by atoms with E-state index in [1.54, 1.807) is 0 Å². The van der Waals surface area contributed by atoms with Crippen molar-refractivity contribution in [3.63, 3.8) is 0 Å². The molecule has 1 aromatic carbocycles. The maximum atomic E-state index is 5.60. The normalized spacial score (nSPS) is 18.9. The van der Waals surface area contributed by atoms with Crippen LogP contribution in [0.1, 0.15) is 44.7 Å². The van der Waals surface area contributed by atoms with E-state index in [-0.39, 0.29) is 5.54 Å². The van der Waals surface area contributed by atoms with Gasteiger partial charge in [0.05, 0.1) is 0 Å². The molecule has 1 atom stereocenters. The van der Waals surface area contributed by atoms with Crippen molar-refractivity contribution in [2.24, 2.45) is 4.99 Å². The van der Waals surface area contributed by atoms with Crippen LogP contribution in [0.5, 0.6) is 0 Å². The van der Waals surface area contributed by atoms with Gasteiger partial charge in [-0.3, -0.25) is 4.99 Å². The molecule has 0 spiro atoms. The minimum atomic E-state index is 0.0251. The Morgan fingerprint density at radius 1 is 1.21 bits per heavy atom. The lowest BCUT2D eigenvalue weighted by atomic mass is 9.88. The summed E-state index contributed by atoms with van der Waals surface area (Å²) in [4.78, 5) is 4.31. The Hall–Kier alpha value is -1.59. The van der Waals surface area contributed by atoms with Gasteiger partial charge in [-0.15, -0.1) is 0 Å². The summed E-state index contributed by atoms with van der Waals surface area (Å²) in [6, 6.07) is 10.9. The molecule has 0 amide bonds. The standard InChI is InChI=1S/C19H32N4O/c1-4-12-21-18(20-3)22-15-19(10-13-24-14-11-19)23-16(2)17-8-6-5-7-9-17/h5-9,16,23H,4,10-15H2,1-3H3,(H2,20,21,22). The molecule has 134 valence electrons. The Kier molecular flexibility index (Phi) is 7.53. The van der Waals surface area contributed by atoms with E-state index in [1.165, 1.54) is 5.56 Å². The lowest BCUT2D eigenvalue weighted by Gasteiger charge is -2.41. The number of benzene rings is 1. The lowest BCUT2D eigenvalue weighted by molar-refractivity contribution is 0.0355. The Morgan fingerprint density at radius 3 is 2.54 bits per heavy atom. The third-order valence-corrected chi connectivity index (χ3v) is 4.63. The van der Waals surface area contributed by atoms with Gasteiger partial charge in [-0.2, -0.15) is 0 Å². The molecule has 1 aromatic rings. The number of ether oxygens (including phenoxy) is 1. The lowest BCUT2D eigenvalue weighted by Crippen LogP contribution is -2.58. The summed E-state index contributed by atoms with van der Waals surface area (Å²) in [5, 5.41) is 10.7. The molecule has 1 unspecified atom stereocenters. The number of aliphatic imine (C=N–C) groups is 1. The van der Waals surface area contributed by atoms with Crippen LogP contribution in [0, 0.1) is 0 Å². The average molecular weight is 332 g/mol. The number of hydrogen-bond donors (Lipinski definition) is 3. The fourth-order valence-electron chi connectivity index (χ4n) is 3.14. The summed E-state index contributed by atoms with van der Waals surface area (Å²) in [5.74, 6) is 0.872. The molecule has 0 saturated carbocycles. The number of guanidine groups is 1. The van der Waals surface area contributed by atoms with E-state index in [0.717, 1.165) is 51.5 Å². The van der Waals surface area contributed by atoms with Gasteiger partial charge in [0.2, 0.25) is 0 Å². The Balaban J connectivity index is 2.00. The third-order valence-electron chi connectivity index (χ3n) is 4.63. The summed E-state index contributed by atoms with van der Waals surface area (Å²) in [6.45, 7) is 7.77. The fraction of sp³-hybridized carbons (Fsp3) is 0.632. The first-order valence-corrected chi connectivity index (χ1v) is 9.04. The van der Waals surface area contributed by atoms with Gasteiger partial charge in [-0.25, -0.2) is 0 Å². The summed E-state index contributed by atoms with van der Waals surface area (Å²) >= 11 is 0. The van der Waals surface area contributed by atoms with E-state index in [4.69, 9.17) is 4.74 Å². The van der Waals surface area contributed by atoms with E-state index in [1.807, 2.05) is 7.05 Å². The van der Waals surface area contributed by atoms with Crippen molar-refractivity contribution in [2.45, 2.75) is 44.7 Å². The SMILES string of the molecule is CCCNC(=NC)NCC1(NC(C)c2ccccc2)CCOCC1. The van der Waals surface area contributed by atoms with E-state index in [2.05, 4.69) is 65.1 Å². The maximum absolute atomic E-state index is 5.60. The van der Waals surface area contributed by atoms with Crippen molar-refractivity contribution < 1.29 is 4.74 Å². The molecule has 0 aromatic heterocycles. The van der Waals surface area contributed by atoms with Crippen LogP contribution >= 0.6 is 0 Å². The van der Waals surface area contributed by atoms with Crippen molar-refractivity contribution in [1.82, 2.24) is 16.0 Å². The molecule has 0 bridgehead atoms. The highest BCUT2D eigenvalue weighted by Crippen LogP contribution is 2.25. The maximum Gasteiger partial charge on any atom is 0.191 e. The van der Waals surface area contributed by atoms with Crippen molar-refractivity contribution in [1.29, 1.82) is 0 Å². The molecule has 1 heterocycles. The smallest absolute Gasteiger partial charge is 0.191 e. The first-order valence-electron chi connectivity index (χ1n) is 9.04. The summed E-state index contributed by atoms with van der Waals surface area (Å²) in [5.41, 5.74) is 1.34. The van der Waals surface area contributed by atoms with Crippen LogP contribution in [0.25, 0.3) is 0 Å². The molecule has 1 aliphatic rings. The quantitative estimate of drug-likeness (QED) is 0.530. The fourth-order valence-corrected chi connectivity index (χ4v) is 3.14. The van der Waals surface area contributed by atoms with Crippen LogP contribution in [0.3, 0.4) is 0 Å². The highest BCUT2D eigenvalue weighted by Gasteiger charge is 2.34. The van der Waals surface area contributed by atoms with Gasteiger partial charge in [0.25, 0.3) is 0 Å². The highest BCUT2D eigenvalue weighted by molar-refractivity contribution is 5.79. The average Bonchev–Trinajstić information content (AvgIpc) is 2.63. The molecule has 1 saturated heterocycles. The predicted octanol–water partition coefficient (Wildman–Crippen LogP) is 2.46. The zero-order valence-electron chi connectivity index (χ0n) is 15.3. The molecule has 2 rings (SSSR count). The molecule has 0 radical (unpaired) electrons. The second-order valence-electron chi connectivity index (χ2n) is 6.52. The van der Waals surface area contributed by atoms with Gasteiger partial charge in [0.1, 0.15) is 0 Å². The van der Waals surface area contributed by atoms with Gasteiger partial charge in [0.15, 0.2) is 5.96 Å². The van der Waals surface area contributed by atoms with E-state index >= 15 is 0 Å². The number of rotatable bonds is 7. The second kappa shape index (κ2) is 9.64. The van der Waals surface area contributed by atoms with Crippen LogP contribution in [-0.2, 0) is 4.74 Å². The molecule has 5 nitrogen and oxygen atoms in total. The van der Waals surface area contributed by atoms with Gasteiger partial charge in [-0.1, -0.05) is 37.3 Å². The largest absolute Gasteiger partial charge is 0.381 e. The zero-order valence-corrected chi connectivity index (χ0v) is 15.3. The van der Waals surface area contributed by atoms with Crippen molar-refractivity contribution in [2.75, 3.05) is 33.4 Å². The van der Waals surface area contributed by atoms with Gasteiger partial charge in [-0.05, 0) is 31.7 Å². The van der Waals surface area contributed by atoms with Crippen LogP contribution in [0.15, 0.2) is 35.3 Å². The van der Waals surface area contributed by atoms with Crippen LogP contribution in [0.4, 0.5) is 0 Å². The molecular formula is C19H32N4O. The number of nitrogens with one attached hydrogen (secondary N) is 3. The van der Waals surface area contributed by atoms with E-state index in [0.29, 0.717) is 6.04 Å². The first kappa shape index (κ1) is 18.7. The van der Waals surface area contributed by atoms with Crippen molar-refractivity contribution in [3.8, 4) is 0 Å². The first-order chi connectivity index (χ1) is 11.7. The summed E-state index contributed by atoms with van der Waals surface area (Å²) in [6.07, 6.45) is 3.09. The minimum absolute atomic E-state index is 0.0251. The van der Waals surface area contributed by atoms with Gasteiger partial charge >= 0.3 is 0 Å². The molecular weight excluding hydrogens is 300 g/mol. The van der Waals surface area contributed by atoms with Gasteiger partial charge < -0.3 is 20.7 Å². The van der Waals surface area contributed by atoms with Crippen LogP contribution < -0.4 is 16.0 Å². The summed E-state index contributed by atoms with van der Waals surface area (Å²) < 4.78 is 5.60. The monoisotopic (exact) mass is 332 g/mol. The molecule has 3 N–H and O–H groups in total. The highest BCUT2D eigenvalue weighted by atomic mass is 16.5. The van der Waals surface area contributed by atoms with Crippen LogP contribution in [-0.4, -0.2) is 44.8 Å². The predicted molar refractivity (Wildman–Crippen MR) is 100 cm³/mol. The van der Waals surface area contributed by atoms with Crippen molar-refractivity contribution in [3.05, 3.63) is 35.9 Å². The second-order valence-corrected chi connectivity index (χ2v) is 6.52. The van der Waals surface area contributed by atoms with Gasteiger partial charge in [0, 0.05) is 44.9 Å². The third kappa shape index (κ3) is 5.49. The molecule has 1 fully saturated rings. The molecule has 24 heavy (non-hydrogen) atoms. The number of hydrogen-bond acceptors (Lipinski definition) is 3. The Bertz CT molecular complexity index is 497. The zero-order chi connectivity index (χ0) is 17.3. The molecule has 1 aliphatic heterocycles. The van der Waals surface area contributed by atoms with E-state index in [9.17, 15) is 0 Å². The number of nitrogens with zero attached hydrogens (tertiary/aromatic N) is 1. The summed E-state index contributed by atoms with van der Waals surface area (Å²) in [7, 11) is 1.82. The minimum Gasteiger partial charge on any atom is -0.381 e. The Labute approximate surface area is 146 Å². The molecule has 0 aliphatic carbocycles.